The van der Waals surface area contributed by atoms with Crippen LogP contribution in [-0.2, 0) is 6.54 Å². The van der Waals surface area contributed by atoms with Crippen LogP contribution in [0.25, 0.3) is 11.0 Å². The fourth-order valence-corrected chi connectivity index (χ4v) is 2.99. The first-order valence-electron chi connectivity index (χ1n) is 8.90. The molecule has 0 saturated carbocycles. The van der Waals surface area contributed by atoms with Crippen molar-refractivity contribution in [1.29, 1.82) is 0 Å². The number of aromatic nitrogens is 3. The number of nitrogens with zero attached hydrogens (tertiary/aromatic N) is 4. The first-order chi connectivity index (χ1) is 13.3. The lowest BCUT2D eigenvalue weighted by molar-refractivity contribution is -0.0498. The van der Waals surface area contributed by atoms with Gasteiger partial charge in [0, 0.05) is 25.0 Å². The second-order valence-corrected chi connectivity index (χ2v) is 6.90. The van der Waals surface area contributed by atoms with Gasteiger partial charge in [0.1, 0.15) is 5.75 Å². The molecule has 0 aliphatic rings. The number of aryl methyl sites for hydroxylation is 1. The third kappa shape index (κ3) is 4.11. The molecule has 3 rings (SSSR count). The average Bonchev–Trinajstić information content (AvgIpc) is 3.04. The van der Waals surface area contributed by atoms with Crippen LogP contribution in [-0.4, -0.2) is 39.2 Å². The van der Waals surface area contributed by atoms with E-state index in [9.17, 15) is 13.6 Å². The molecule has 6 nitrogen and oxygen atoms in total. The van der Waals surface area contributed by atoms with E-state index in [0.717, 1.165) is 16.6 Å². The maximum Gasteiger partial charge on any atom is 0.387 e. The van der Waals surface area contributed by atoms with Crippen LogP contribution < -0.4 is 4.74 Å². The summed E-state index contributed by atoms with van der Waals surface area (Å²) in [6, 6.07) is 8.20. The summed E-state index contributed by atoms with van der Waals surface area (Å²) in [4.78, 5) is 19.0. The van der Waals surface area contributed by atoms with Gasteiger partial charge in [-0.1, -0.05) is 12.1 Å². The third-order valence-electron chi connectivity index (χ3n) is 4.39. The van der Waals surface area contributed by atoms with Crippen molar-refractivity contribution in [3.63, 3.8) is 0 Å². The first-order valence-corrected chi connectivity index (χ1v) is 8.90. The summed E-state index contributed by atoms with van der Waals surface area (Å²) in [5.41, 5.74) is 2.70. The quantitative estimate of drug-likeness (QED) is 0.635. The van der Waals surface area contributed by atoms with E-state index in [1.165, 1.54) is 12.1 Å². The molecule has 0 aliphatic heterocycles. The van der Waals surface area contributed by atoms with Crippen molar-refractivity contribution in [3.8, 4) is 5.75 Å². The van der Waals surface area contributed by atoms with E-state index >= 15 is 0 Å². The number of hydrogen-bond donors (Lipinski definition) is 0. The predicted octanol–water partition coefficient (Wildman–Crippen LogP) is 4.19. The van der Waals surface area contributed by atoms with Gasteiger partial charge in [-0.2, -0.15) is 13.9 Å². The first kappa shape index (κ1) is 19.7. The van der Waals surface area contributed by atoms with Gasteiger partial charge in [-0.05, 0) is 44.5 Å². The molecule has 0 saturated heterocycles. The average molecular weight is 388 g/mol. The van der Waals surface area contributed by atoms with Crippen LogP contribution in [0.3, 0.4) is 0 Å². The lowest BCUT2D eigenvalue weighted by Crippen LogP contribution is -2.27. The van der Waals surface area contributed by atoms with Crippen molar-refractivity contribution in [2.75, 3.05) is 7.05 Å². The monoisotopic (exact) mass is 388 g/mol. The zero-order chi connectivity index (χ0) is 20.4. The largest absolute Gasteiger partial charge is 0.435 e. The molecular weight excluding hydrogens is 366 g/mol. The van der Waals surface area contributed by atoms with Gasteiger partial charge in [0.25, 0.3) is 5.91 Å². The number of carbonyl (C=O) groups is 1. The van der Waals surface area contributed by atoms with Crippen molar-refractivity contribution < 1.29 is 18.3 Å². The summed E-state index contributed by atoms with van der Waals surface area (Å²) in [5, 5.41) is 5.15. The Hall–Kier alpha value is -3.03. The molecule has 8 heteroatoms. The van der Waals surface area contributed by atoms with Crippen molar-refractivity contribution in [3.05, 3.63) is 53.3 Å². The number of pyridine rings is 1. The van der Waals surface area contributed by atoms with Gasteiger partial charge in [-0.25, -0.2) is 9.67 Å². The molecule has 28 heavy (non-hydrogen) atoms. The summed E-state index contributed by atoms with van der Waals surface area (Å²) in [6.45, 7) is 3.31. The maximum atomic E-state index is 12.9. The van der Waals surface area contributed by atoms with E-state index in [1.54, 1.807) is 37.2 Å². The van der Waals surface area contributed by atoms with Crippen LogP contribution in [0.15, 0.2) is 36.5 Å². The molecule has 0 aliphatic carbocycles. The minimum absolute atomic E-state index is 0.0837. The van der Waals surface area contributed by atoms with E-state index in [1.807, 2.05) is 24.6 Å². The maximum absolute atomic E-state index is 12.9. The topological polar surface area (TPSA) is 60.2 Å². The Kier molecular flexibility index (Phi) is 5.58. The molecule has 0 atom stereocenters. The van der Waals surface area contributed by atoms with Gasteiger partial charge in [0.05, 0.1) is 17.5 Å². The van der Waals surface area contributed by atoms with Gasteiger partial charge in [-0.15, -0.1) is 0 Å². The zero-order valence-electron chi connectivity index (χ0n) is 16.2. The molecule has 2 aromatic heterocycles. The number of alkyl halides is 2. The molecular formula is C20H22F2N4O2. The van der Waals surface area contributed by atoms with Crippen molar-refractivity contribution in [1.82, 2.24) is 19.7 Å². The number of carbonyl (C=O) groups excluding carboxylic acids is 1. The van der Waals surface area contributed by atoms with E-state index in [4.69, 9.17) is 0 Å². The molecule has 1 aromatic carbocycles. The van der Waals surface area contributed by atoms with Crippen LogP contribution in [0.1, 0.15) is 41.5 Å². The Bertz CT molecular complexity index is 984. The number of hydrogen-bond acceptors (Lipinski definition) is 4. The molecule has 2 heterocycles. The molecule has 0 unspecified atom stereocenters. The molecule has 0 fully saturated rings. The normalized spacial score (nSPS) is 11.4. The summed E-state index contributed by atoms with van der Waals surface area (Å²) >= 11 is 0. The Morgan fingerprint density at radius 2 is 1.93 bits per heavy atom. The Morgan fingerprint density at radius 1 is 1.25 bits per heavy atom. The fraction of sp³-hybridized carbons (Fsp3) is 0.350. The second-order valence-electron chi connectivity index (χ2n) is 6.90. The number of amides is 1. The summed E-state index contributed by atoms with van der Waals surface area (Å²) < 4.78 is 30.6. The smallest absolute Gasteiger partial charge is 0.387 e. The SMILES string of the molecule is Cc1nc2c(cnn2C(C)C)cc1C(=O)N(C)Cc1ccc(OC(F)F)cc1. The van der Waals surface area contributed by atoms with Crippen LogP contribution in [0.4, 0.5) is 8.78 Å². The molecule has 1 amide bonds. The minimum atomic E-state index is -2.86. The van der Waals surface area contributed by atoms with E-state index in [-0.39, 0.29) is 17.7 Å². The van der Waals surface area contributed by atoms with Crippen LogP contribution in [0, 0.1) is 6.92 Å². The summed E-state index contributed by atoms with van der Waals surface area (Å²) in [5.74, 6) is -0.0857. The Morgan fingerprint density at radius 3 is 2.54 bits per heavy atom. The van der Waals surface area contributed by atoms with Gasteiger partial charge in [0.2, 0.25) is 0 Å². The zero-order valence-corrected chi connectivity index (χ0v) is 16.2. The van der Waals surface area contributed by atoms with Gasteiger partial charge < -0.3 is 9.64 Å². The molecule has 0 radical (unpaired) electrons. The number of benzene rings is 1. The molecule has 0 N–H and O–H groups in total. The third-order valence-corrected chi connectivity index (χ3v) is 4.39. The highest BCUT2D eigenvalue weighted by Crippen LogP contribution is 2.21. The van der Waals surface area contributed by atoms with Gasteiger partial charge in [0.15, 0.2) is 5.65 Å². The van der Waals surface area contributed by atoms with Gasteiger partial charge in [-0.3, -0.25) is 4.79 Å². The fourth-order valence-electron chi connectivity index (χ4n) is 2.99. The second kappa shape index (κ2) is 7.92. The van der Waals surface area contributed by atoms with E-state index < -0.39 is 6.61 Å². The summed E-state index contributed by atoms with van der Waals surface area (Å²) in [7, 11) is 1.69. The van der Waals surface area contributed by atoms with Crippen molar-refractivity contribution in [2.24, 2.45) is 0 Å². The number of halogens is 2. The highest BCUT2D eigenvalue weighted by molar-refractivity contribution is 5.98. The standard InChI is InChI=1S/C20H22F2N4O2/c1-12(2)26-18-15(10-23-26)9-17(13(3)24-18)19(27)25(4)11-14-5-7-16(8-6-14)28-20(21)22/h5-10,12,20H,11H2,1-4H3. The van der Waals surface area contributed by atoms with Gasteiger partial charge >= 0.3 is 6.61 Å². The predicted molar refractivity (Wildman–Crippen MR) is 102 cm³/mol. The van der Waals surface area contributed by atoms with Crippen molar-refractivity contribution in [2.45, 2.75) is 40.0 Å². The lowest BCUT2D eigenvalue weighted by atomic mass is 10.1. The van der Waals surface area contributed by atoms with Crippen molar-refractivity contribution >= 4 is 16.9 Å². The summed E-state index contributed by atoms with van der Waals surface area (Å²) in [6.07, 6.45) is 1.71. The lowest BCUT2D eigenvalue weighted by Gasteiger charge is -2.19. The Balaban J connectivity index is 1.78. The molecule has 0 spiro atoms. The minimum Gasteiger partial charge on any atom is -0.435 e. The number of rotatable bonds is 6. The van der Waals surface area contributed by atoms with E-state index in [0.29, 0.717) is 17.8 Å². The Labute approximate surface area is 161 Å². The number of ether oxygens (including phenoxy) is 1. The highest BCUT2D eigenvalue weighted by Gasteiger charge is 2.18. The van der Waals surface area contributed by atoms with Crippen LogP contribution >= 0.6 is 0 Å². The van der Waals surface area contributed by atoms with Crippen LogP contribution in [0.2, 0.25) is 0 Å². The number of fused-ring (bicyclic) bond motifs is 1. The molecule has 148 valence electrons. The molecule has 0 bridgehead atoms. The highest BCUT2D eigenvalue weighted by atomic mass is 19.3. The van der Waals surface area contributed by atoms with Crippen LogP contribution in [0.5, 0.6) is 5.75 Å². The molecule has 3 aromatic rings. The van der Waals surface area contributed by atoms with E-state index in [2.05, 4.69) is 14.8 Å².